The molecule has 0 fully saturated rings. The smallest absolute Gasteiger partial charge is 0.265 e. The second-order valence-electron chi connectivity index (χ2n) is 5.20. The fourth-order valence-electron chi connectivity index (χ4n) is 2.44. The number of carboxylic acids is 1. The van der Waals surface area contributed by atoms with Gasteiger partial charge in [0.05, 0.1) is 23.1 Å². The summed E-state index contributed by atoms with van der Waals surface area (Å²) in [5.41, 5.74) is 2.60. The predicted octanol–water partition coefficient (Wildman–Crippen LogP) is 2.22. The average molecular weight is 324 g/mol. The summed E-state index contributed by atoms with van der Waals surface area (Å²) in [6, 6.07) is 15.0. The first-order valence-corrected chi connectivity index (χ1v) is 7.94. The van der Waals surface area contributed by atoms with Crippen LogP contribution in [0, 0.1) is 6.92 Å². The van der Waals surface area contributed by atoms with Crippen LogP contribution in [0.25, 0.3) is 6.08 Å². The molecule has 0 N–H and O–H groups in total. The summed E-state index contributed by atoms with van der Waals surface area (Å²) in [5, 5.41) is 11.0. The largest absolute Gasteiger partial charge is 0.548 e. The molecule has 2 aromatic carbocycles. The molecule has 0 spiro atoms. The van der Waals surface area contributed by atoms with Crippen LogP contribution in [0.1, 0.15) is 11.1 Å². The van der Waals surface area contributed by atoms with Crippen molar-refractivity contribution < 1.29 is 14.7 Å². The Balaban J connectivity index is 2.06. The van der Waals surface area contributed by atoms with Gasteiger partial charge in [0.25, 0.3) is 5.91 Å². The number of fused-ring (bicyclic) bond motifs is 1. The summed E-state index contributed by atoms with van der Waals surface area (Å²) in [5.74, 6) is -1.60. The Kier molecular flexibility index (Phi) is 4.21. The first kappa shape index (κ1) is 15.4. The van der Waals surface area contributed by atoms with Gasteiger partial charge in [0.2, 0.25) is 0 Å². The lowest BCUT2D eigenvalue weighted by atomic mass is 10.1. The Labute approximate surface area is 138 Å². The first-order valence-electron chi connectivity index (χ1n) is 7.12. The van der Waals surface area contributed by atoms with Gasteiger partial charge in [0.1, 0.15) is 0 Å². The van der Waals surface area contributed by atoms with Gasteiger partial charge in [0.15, 0.2) is 0 Å². The van der Waals surface area contributed by atoms with E-state index in [1.807, 2.05) is 43.3 Å². The van der Waals surface area contributed by atoms with Gasteiger partial charge in [0, 0.05) is 4.90 Å². The molecule has 5 heteroatoms. The number of hydrogen-bond donors (Lipinski definition) is 0. The van der Waals surface area contributed by atoms with Crippen molar-refractivity contribution in [1.82, 2.24) is 0 Å². The maximum Gasteiger partial charge on any atom is 0.265 e. The van der Waals surface area contributed by atoms with Crippen LogP contribution >= 0.6 is 11.8 Å². The number of benzene rings is 2. The summed E-state index contributed by atoms with van der Waals surface area (Å²) < 4.78 is 0. The normalized spacial score (nSPS) is 15.6. The van der Waals surface area contributed by atoms with Crippen molar-refractivity contribution in [3.63, 3.8) is 0 Å². The molecule has 2 aromatic rings. The van der Waals surface area contributed by atoms with Crippen LogP contribution in [0.2, 0.25) is 0 Å². The quantitative estimate of drug-likeness (QED) is 0.812. The number of thioether (sulfide) groups is 1. The predicted molar refractivity (Wildman–Crippen MR) is 88.8 cm³/mol. The van der Waals surface area contributed by atoms with Gasteiger partial charge in [-0.25, -0.2) is 0 Å². The number of nitrogens with zero attached hydrogens (tertiary/aromatic N) is 1. The Morgan fingerprint density at radius 3 is 2.61 bits per heavy atom. The maximum atomic E-state index is 12.7. The second-order valence-corrected chi connectivity index (χ2v) is 6.28. The third-order valence-corrected chi connectivity index (χ3v) is 4.67. The van der Waals surface area contributed by atoms with Crippen molar-refractivity contribution in [2.75, 3.05) is 11.4 Å². The molecule has 0 radical (unpaired) electrons. The van der Waals surface area contributed by atoms with Gasteiger partial charge in [-0.15, -0.1) is 0 Å². The van der Waals surface area contributed by atoms with Gasteiger partial charge in [-0.3, -0.25) is 4.79 Å². The van der Waals surface area contributed by atoms with Gasteiger partial charge in [-0.2, -0.15) is 0 Å². The van der Waals surface area contributed by atoms with E-state index in [4.69, 9.17) is 0 Å². The van der Waals surface area contributed by atoms with E-state index in [0.717, 1.165) is 16.0 Å². The molecule has 0 unspecified atom stereocenters. The van der Waals surface area contributed by atoms with Crippen molar-refractivity contribution >= 4 is 35.4 Å². The lowest BCUT2D eigenvalue weighted by molar-refractivity contribution is -0.303. The fourth-order valence-corrected chi connectivity index (χ4v) is 3.49. The molecular weight excluding hydrogens is 310 g/mol. The maximum absolute atomic E-state index is 12.7. The van der Waals surface area contributed by atoms with Gasteiger partial charge in [-0.05, 0) is 36.3 Å². The summed E-state index contributed by atoms with van der Waals surface area (Å²) in [6.07, 6.45) is 1.81. The van der Waals surface area contributed by atoms with E-state index in [1.165, 1.54) is 16.7 Å². The zero-order chi connectivity index (χ0) is 16.4. The highest BCUT2D eigenvalue weighted by Crippen LogP contribution is 2.41. The number of para-hydroxylation sites is 1. The number of hydrogen-bond acceptors (Lipinski definition) is 4. The number of anilines is 1. The molecule has 1 aliphatic rings. The molecule has 0 saturated carbocycles. The summed E-state index contributed by atoms with van der Waals surface area (Å²) in [6.45, 7) is 1.51. The van der Waals surface area contributed by atoms with Crippen molar-refractivity contribution in [2.45, 2.75) is 11.8 Å². The number of aryl methyl sites for hydroxylation is 1. The Morgan fingerprint density at radius 2 is 1.87 bits per heavy atom. The lowest BCUT2D eigenvalue weighted by Crippen LogP contribution is -2.43. The lowest BCUT2D eigenvalue weighted by Gasteiger charge is -2.30. The summed E-state index contributed by atoms with van der Waals surface area (Å²) in [7, 11) is 0. The molecule has 0 atom stereocenters. The molecule has 4 nitrogen and oxygen atoms in total. The van der Waals surface area contributed by atoms with Crippen molar-refractivity contribution in [3.8, 4) is 0 Å². The minimum atomic E-state index is -1.28. The van der Waals surface area contributed by atoms with E-state index >= 15 is 0 Å². The highest BCUT2D eigenvalue weighted by molar-refractivity contribution is 8.04. The Morgan fingerprint density at radius 1 is 1.17 bits per heavy atom. The second kappa shape index (κ2) is 6.30. The molecule has 0 aliphatic carbocycles. The topological polar surface area (TPSA) is 60.4 Å². The number of carbonyl (C=O) groups excluding carboxylic acids is 2. The van der Waals surface area contributed by atoms with Crippen molar-refractivity contribution in [2.24, 2.45) is 0 Å². The van der Waals surface area contributed by atoms with Crippen LogP contribution in [-0.4, -0.2) is 18.4 Å². The minimum Gasteiger partial charge on any atom is -0.548 e. The fraction of sp³-hybridized carbons (Fsp3) is 0.111. The van der Waals surface area contributed by atoms with Crippen molar-refractivity contribution in [1.29, 1.82) is 0 Å². The first-order chi connectivity index (χ1) is 11.1. The van der Waals surface area contributed by atoms with Gasteiger partial charge >= 0.3 is 0 Å². The summed E-state index contributed by atoms with van der Waals surface area (Å²) in [4.78, 5) is 26.3. The Bertz CT molecular complexity index is 813. The molecule has 1 aliphatic heterocycles. The van der Waals surface area contributed by atoms with E-state index in [-0.39, 0.29) is 5.91 Å². The van der Waals surface area contributed by atoms with Crippen LogP contribution in [0.3, 0.4) is 0 Å². The molecule has 3 rings (SSSR count). The highest BCUT2D eigenvalue weighted by Gasteiger charge is 2.28. The molecule has 0 bridgehead atoms. The van der Waals surface area contributed by atoms with Crippen LogP contribution < -0.4 is 10.0 Å². The highest BCUT2D eigenvalue weighted by atomic mass is 32.2. The Hall–Kier alpha value is -2.53. The SMILES string of the molecule is Cc1ccccc1C=C1Sc2ccccc2N(CC(=O)[O-])C1=O. The van der Waals surface area contributed by atoms with E-state index in [2.05, 4.69) is 0 Å². The third kappa shape index (κ3) is 3.14. The van der Waals surface area contributed by atoms with Gasteiger partial charge < -0.3 is 14.8 Å². The number of carbonyl (C=O) groups is 2. The van der Waals surface area contributed by atoms with Crippen LogP contribution in [-0.2, 0) is 9.59 Å². The molecule has 116 valence electrons. The van der Waals surface area contributed by atoms with Crippen LogP contribution in [0.5, 0.6) is 0 Å². The average Bonchev–Trinajstić information content (AvgIpc) is 2.53. The number of rotatable bonds is 3. The molecule has 1 amide bonds. The molecule has 23 heavy (non-hydrogen) atoms. The summed E-state index contributed by atoms with van der Waals surface area (Å²) >= 11 is 1.36. The van der Waals surface area contributed by atoms with E-state index in [9.17, 15) is 14.7 Å². The van der Waals surface area contributed by atoms with E-state index in [0.29, 0.717) is 10.6 Å². The minimum absolute atomic E-state index is 0.318. The third-order valence-electron chi connectivity index (χ3n) is 3.59. The van der Waals surface area contributed by atoms with Gasteiger partial charge in [-0.1, -0.05) is 48.2 Å². The van der Waals surface area contributed by atoms with E-state index in [1.54, 1.807) is 18.2 Å². The molecule has 1 heterocycles. The van der Waals surface area contributed by atoms with Crippen molar-refractivity contribution in [3.05, 3.63) is 64.6 Å². The number of aliphatic carboxylic acids is 1. The van der Waals surface area contributed by atoms with E-state index < -0.39 is 12.5 Å². The number of carboxylic acid groups (broad SMARTS) is 1. The zero-order valence-electron chi connectivity index (χ0n) is 12.5. The molecule has 0 saturated heterocycles. The molecular formula is C18H14NO3S-. The monoisotopic (exact) mass is 324 g/mol. The van der Waals surface area contributed by atoms with Crippen LogP contribution in [0.4, 0.5) is 5.69 Å². The number of amides is 1. The van der Waals surface area contributed by atoms with Crippen LogP contribution in [0.15, 0.2) is 58.3 Å². The standard InChI is InChI=1S/C18H15NO3S/c1-12-6-2-3-7-13(12)10-16-18(22)19(11-17(20)21)14-8-4-5-9-15(14)23-16/h2-10H,11H2,1H3,(H,20,21)/p-1. The zero-order valence-corrected chi connectivity index (χ0v) is 13.3. The molecule has 0 aromatic heterocycles.